The smallest absolute Gasteiger partial charge is 0.209 e. The average molecular weight is 328 g/mol. The van der Waals surface area contributed by atoms with Gasteiger partial charge in [-0.2, -0.15) is 0 Å². The summed E-state index contributed by atoms with van der Waals surface area (Å²) in [5, 5.41) is 16.0. The van der Waals surface area contributed by atoms with Crippen LogP contribution in [0.15, 0.2) is 23.4 Å². The van der Waals surface area contributed by atoms with Crippen molar-refractivity contribution in [2.45, 2.75) is 36.3 Å². The van der Waals surface area contributed by atoms with Crippen LogP contribution in [0, 0.1) is 5.82 Å². The summed E-state index contributed by atoms with van der Waals surface area (Å²) in [7, 11) is 0. The summed E-state index contributed by atoms with van der Waals surface area (Å²) in [5.74, 6) is 0.135. The molecule has 21 heavy (non-hydrogen) atoms. The van der Waals surface area contributed by atoms with Gasteiger partial charge in [0.05, 0.1) is 11.6 Å². The number of nitrogens with zero attached hydrogens (tertiary/aromatic N) is 4. The Morgan fingerprint density at radius 3 is 3.10 bits per heavy atom. The SMILES string of the molecule is Fc1cccc(CSc2nnnn2CCNC2CC2)c1Cl. The number of aromatic nitrogens is 4. The minimum Gasteiger partial charge on any atom is -0.312 e. The second-order valence-corrected chi connectivity index (χ2v) is 6.24. The Bertz CT molecular complexity index is 616. The third kappa shape index (κ3) is 3.93. The van der Waals surface area contributed by atoms with Crippen LogP contribution in [0.2, 0.25) is 5.02 Å². The first-order valence-corrected chi connectivity index (χ1v) is 8.15. The molecule has 1 heterocycles. The van der Waals surface area contributed by atoms with Crippen LogP contribution >= 0.6 is 23.4 Å². The first-order valence-electron chi connectivity index (χ1n) is 6.79. The van der Waals surface area contributed by atoms with Crippen molar-refractivity contribution in [2.75, 3.05) is 6.54 Å². The van der Waals surface area contributed by atoms with Gasteiger partial charge < -0.3 is 5.32 Å². The number of rotatable bonds is 7. The molecule has 0 radical (unpaired) electrons. The van der Waals surface area contributed by atoms with Gasteiger partial charge >= 0.3 is 0 Å². The Balaban J connectivity index is 1.57. The van der Waals surface area contributed by atoms with E-state index in [1.54, 1.807) is 16.8 Å². The number of nitrogens with one attached hydrogen (secondary N) is 1. The fraction of sp³-hybridized carbons (Fsp3) is 0.462. The van der Waals surface area contributed by atoms with E-state index in [2.05, 4.69) is 20.8 Å². The Kier molecular flexibility index (Phi) is 4.72. The quantitative estimate of drug-likeness (QED) is 0.792. The van der Waals surface area contributed by atoms with Gasteiger partial charge in [-0.3, -0.25) is 0 Å². The maximum atomic E-state index is 13.4. The zero-order chi connectivity index (χ0) is 14.7. The third-order valence-corrected chi connectivity index (χ3v) is 4.65. The van der Waals surface area contributed by atoms with Crippen LogP contribution in [-0.4, -0.2) is 32.8 Å². The Labute approximate surface area is 131 Å². The van der Waals surface area contributed by atoms with Crippen molar-refractivity contribution in [1.29, 1.82) is 0 Å². The molecule has 0 unspecified atom stereocenters. The molecule has 0 bridgehead atoms. The third-order valence-electron chi connectivity index (χ3n) is 3.22. The molecule has 0 amide bonds. The molecule has 0 aliphatic heterocycles. The van der Waals surface area contributed by atoms with Gasteiger partial charge in [0.25, 0.3) is 0 Å². The van der Waals surface area contributed by atoms with Crippen molar-refractivity contribution in [3.8, 4) is 0 Å². The largest absolute Gasteiger partial charge is 0.312 e. The van der Waals surface area contributed by atoms with E-state index in [-0.39, 0.29) is 5.02 Å². The molecule has 1 aromatic heterocycles. The van der Waals surface area contributed by atoms with Crippen molar-refractivity contribution in [2.24, 2.45) is 0 Å². The zero-order valence-corrected chi connectivity index (χ0v) is 12.9. The monoisotopic (exact) mass is 327 g/mol. The van der Waals surface area contributed by atoms with Crippen LogP contribution in [0.3, 0.4) is 0 Å². The maximum Gasteiger partial charge on any atom is 0.209 e. The molecular formula is C13H15ClFN5S. The lowest BCUT2D eigenvalue weighted by atomic mass is 10.2. The molecule has 1 N–H and O–H groups in total. The fourth-order valence-electron chi connectivity index (χ4n) is 1.90. The van der Waals surface area contributed by atoms with Gasteiger partial charge in [0, 0.05) is 18.3 Å². The number of hydrogen-bond donors (Lipinski definition) is 1. The number of benzene rings is 1. The summed E-state index contributed by atoms with van der Waals surface area (Å²) in [4.78, 5) is 0. The lowest BCUT2D eigenvalue weighted by molar-refractivity contribution is 0.509. The van der Waals surface area contributed by atoms with Crippen molar-refractivity contribution in [3.63, 3.8) is 0 Å². The van der Waals surface area contributed by atoms with Crippen LogP contribution < -0.4 is 5.32 Å². The van der Waals surface area contributed by atoms with E-state index < -0.39 is 5.82 Å². The zero-order valence-electron chi connectivity index (χ0n) is 11.3. The van der Waals surface area contributed by atoms with E-state index in [9.17, 15) is 4.39 Å². The predicted molar refractivity (Wildman–Crippen MR) is 79.8 cm³/mol. The fourth-order valence-corrected chi connectivity index (χ4v) is 3.07. The highest BCUT2D eigenvalue weighted by Gasteiger charge is 2.20. The topological polar surface area (TPSA) is 55.6 Å². The summed E-state index contributed by atoms with van der Waals surface area (Å²) in [6.45, 7) is 1.58. The second kappa shape index (κ2) is 6.72. The van der Waals surface area contributed by atoms with E-state index in [0.717, 1.165) is 18.7 Å². The first-order chi connectivity index (χ1) is 10.2. The number of thioether (sulfide) groups is 1. The molecule has 112 valence electrons. The molecule has 1 aliphatic rings. The van der Waals surface area contributed by atoms with E-state index in [4.69, 9.17) is 11.6 Å². The highest BCUT2D eigenvalue weighted by atomic mass is 35.5. The number of hydrogen-bond acceptors (Lipinski definition) is 5. The Morgan fingerprint density at radius 1 is 1.43 bits per heavy atom. The predicted octanol–water partition coefficient (Wildman–Crippen LogP) is 2.51. The average Bonchev–Trinajstić information content (AvgIpc) is 3.19. The van der Waals surface area contributed by atoms with E-state index in [0.29, 0.717) is 17.0 Å². The minimum atomic E-state index is -0.400. The summed E-state index contributed by atoms with van der Waals surface area (Å²) in [5.41, 5.74) is 0.743. The molecule has 2 aromatic rings. The normalized spacial score (nSPS) is 14.6. The van der Waals surface area contributed by atoms with E-state index in [1.165, 1.54) is 30.7 Å². The van der Waals surface area contributed by atoms with Gasteiger partial charge in [-0.1, -0.05) is 35.5 Å². The van der Waals surface area contributed by atoms with Crippen LogP contribution in [0.5, 0.6) is 0 Å². The summed E-state index contributed by atoms with van der Waals surface area (Å²) < 4.78 is 15.1. The number of halogens is 2. The van der Waals surface area contributed by atoms with E-state index in [1.807, 2.05) is 0 Å². The maximum absolute atomic E-state index is 13.4. The van der Waals surface area contributed by atoms with Gasteiger partial charge in [0.2, 0.25) is 5.16 Å². The van der Waals surface area contributed by atoms with Crippen molar-refractivity contribution >= 4 is 23.4 Å². The van der Waals surface area contributed by atoms with Gasteiger partial charge in [-0.25, -0.2) is 9.07 Å². The molecule has 0 spiro atoms. The molecule has 0 saturated heterocycles. The molecule has 3 rings (SSSR count). The van der Waals surface area contributed by atoms with E-state index >= 15 is 0 Å². The van der Waals surface area contributed by atoms with Crippen LogP contribution in [0.25, 0.3) is 0 Å². The molecule has 0 atom stereocenters. The molecule has 1 fully saturated rings. The second-order valence-electron chi connectivity index (χ2n) is 4.91. The number of tetrazole rings is 1. The molecule has 8 heteroatoms. The standard InChI is InChI=1S/C13H15ClFN5S/c14-12-9(2-1-3-11(12)15)8-21-13-17-18-19-20(13)7-6-16-10-4-5-10/h1-3,10,16H,4-8H2. The Morgan fingerprint density at radius 2 is 2.29 bits per heavy atom. The highest BCUT2D eigenvalue weighted by molar-refractivity contribution is 7.98. The van der Waals surface area contributed by atoms with Crippen molar-refractivity contribution < 1.29 is 4.39 Å². The van der Waals surface area contributed by atoms with Crippen molar-refractivity contribution in [3.05, 3.63) is 34.6 Å². The summed E-state index contributed by atoms with van der Waals surface area (Å²) in [6.07, 6.45) is 2.52. The lowest BCUT2D eigenvalue weighted by Gasteiger charge is -2.06. The van der Waals surface area contributed by atoms with Crippen molar-refractivity contribution in [1.82, 2.24) is 25.5 Å². The molecule has 5 nitrogen and oxygen atoms in total. The van der Waals surface area contributed by atoms with Gasteiger partial charge in [-0.15, -0.1) is 5.10 Å². The molecule has 1 aliphatic carbocycles. The summed E-state index contributed by atoms with van der Waals surface area (Å²) in [6, 6.07) is 5.48. The van der Waals surface area contributed by atoms with Crippen LogP contribution in [-0.2, 0) is 12.3 Å². The lowest BCUT2D eigenvalue weighted by Crippen LogP contribution is -2.22. The minimum absolute atomic E-state index is 0.166. The summed E-state index contributed by atoms with van der Waals surface area (Å²) >= 11 is 7.39. The molecule has 1 aromatic carbocycles. The Hall–Kier alpha value is -1.18. The molecular weight excluding hydrogens is 313 g/mol. The highest BCUT2D eigenvalue weighted by Crippen LogP contribution is 2.26. The van der Waals surface area contributed by atoms with Crippen LogP contribution in [0.4, 0.5) is 4.39 Å². The first kappa shape index (κ1) is 14.7. The molecule has 1 saturated carbocycles. The van der Waals surface area contributed by atoms with Gasteiger partial charge in [-0.05, 0) is 34.9 Å². The van der Waals surface area contributed by atoms with Crippen LogP contribution in [0.1, 0.15) is 18.4 Å². The van der Waals surface area contributed by atoms with Gasteiger partial charge in [0.1, 0.15) is 5.82 Å². The van der Waals surface area contributed by atoms with Gasteiger partial charge in [0.15, 0.2) is 0 Å².